The lowest BCUT2D eigenvalue weighted by Crippen LogP contribution is -2.15. The number of carbonyl (C=O) groups is 1. The fraction of sp³-hybridized carbons (Fsp3) is 0.375. The monoisotopic (exact) mass is 682 g/mol. The van der Waals surface area contributed by atoms with Gasteiger partial charge in [0.1, 0.15) is 35.6 Å². The van der Waals surface area contributed by atoms with Crippen LogP contribution in [0.15, 0.2) is 84.9 Å². The highest BCUT2D eigenvalue weighted by Gasteiger charge is 2.39. The summed E-state index contributed by atoms with van der Waals surface area (Å²) < 4.78 is 38.9. The predicted molar refractivity (Wildman–Crippen MR) is 184 cm³/mol. The van der Waals surface area contributed by atoms with Gasteiger partial charge in [-0.1, -0.05) is 24.3 Å². The second kappa shape index (κ2) is 16.1. The molecule has 2 fully saturated rings. The SMILES string of the molecule is CC1(COCCCOc2ccc(COOc3ccc4c(c3)Cc3cc(OC(=O)c5ccc(OCCCOCC6CO6)cc5)ccc3-4)cc2)CO1. The normalized spacial score (nSPS) is 18.2. The number of carbonyl (C=O) groups excluding carboxylic acids is 1. The molecule has 7 rings (SSSR count). The summed E-state index contributed by atoms with van der Waals surface area (Å²) in [6.07, 6.45) is 2.56. The molecule has 0 radical (unpaired) electrons. The van der Waals surface area contributed by atoms with Crippen LogP contribution in [0.4, 0.5) is 0 Å². The summed E-state index contributed by atoms with van der Waals surface area (Å²) in [7, 11) is 0. The van der Waals surface area contributed by atoms with Gasteiger partial charge < -0.3 is 38.0 Å². The Bertz CT molecular complexity index is 1730. The number of hydrogen-bond donors (Lipinski definition) is 0. The van der Waals surface area contributed by atoms with E-state index in [1.165, 1.54) is 0 Å². The lowest BCUT2D eigenvalue weighted by atomic mass is 10.1. The Kier molecular flexibility index (Phi) is 10.9. The molecule has 262 valence electrons. The van der Waals surface area contributed by atoms with Gasteiger partial charge in [-0.15, -0.1) is 0 Å². The highest BCUT2D eigenvalue weighted by molar-refractivity contribution is 5.91. The summed E-state index contributed by atoms with van der Waals surface area (Å²) in [4.78, 5) is 24.1. The van der Waals surface area contributed by atoms with E-state index in [9.17, 15) is 4.79 Å². The van der Waals surface area contributed by atoms with Gasteiger partial charge in [-0.2, -0.15) is 4.89 Å². The van der Waals surface area contributed by atoms with Crippen LogP contribution < -0.4 is 19.1 Å². The fourth-order valence-electron chi connectivity index (χ4n) is 5.56. The first kappa shape index (κ1) is 34.0. The molecule has 2 saturated heterocycles. The third-order valence-electron chi connectivity index (χ3n) is 8.58. The molecular formula is C40H42O10. The number of epoxide rings is 2. The number of fused-ring (bicyclic) bond motifs is 3. The lowest BCUT2D eigenvalue weighted by Gasteiger charge is -2.10. The van der Waals surface area contributed by atoms with Crippen molar-refractivity contribution in [3.05, 3.63) is 107 Å². The van der Waals surface area contributed by atoms with E-state index in [0.717, 1.165) is 59.6 Å². The summed E-state index contributed by atoms with van der Waals surface area (Å²) in [5, 5.41) is 0. The molecule has 0 bridgehead atoms. The summed E-state index contributed by atoms with van der Waals surface area (Å²) in [5.41, 5.74) is 5.77. The number of esters is 1. The van der Waals surface area contributed by atoms with Crippen LogP contribution in [0.3, 0.4) is 0 Å². The molecule has 2 aliphatic heterocycles. The zero-order chi connectivity index (χ0) is 34.2. The van der Waals surface area contributed by atoms with Crippen LogP contribution in [-0.4, -0.2) is 70.5 Å². The average Bonchev–Trinajstić information content (AvgIpc) is 4.06. The molecule has 10 heteroatoms. The summed E-state index contributed by atoms with van der Waals surface area (Å²) in [6, 6.07) is 26.4. The zero-order valence-electron chi connectivity index (χ0n) is 28.2. The van der Waals surface area contributed by atoms with Gasteiger partial charge in [0.05, 0.1) is 45.2 Å². The Hall–Kier alpha value is -4.45. The Balaban J connectivity index is 0.819. The van der Waals surface area contributed by atoms with Crippen molar-refractivity contribution in [2.45, 2.75) is 44.5 Å². The van der Waals surface area contributed by atoms with E-state index in [0.29, 0.717) is 75.5 Å². The molecule has 50 heavy (non-hydrogen) atoms. The summed E-state index contributed by atoms with van der Waals surface area (Å²) >= 11 is 0. The molecule has 3 aliphatic rings. The highest BCUT2D eigenvalue weighted by atomic mass is 17.2. The largest absolute Gasteiger partial charge is 0.494 e. The van der Waals surface area contributed by atoms with Gasteiger partial charge in [0.2, 0.25) is 0 Å². The van der Waals surface area contributed by atoms with Crippen molar-refractivity contribution in [1.82, 2.24) is 0 Å². The van der Waals surface area contributed by atoms with Crippen molar-refractivity contribution in [3.63, 3.8) is 0 Å². The molecule has 0 saturated carbocycles. The molecule has 0 spiro atoms. The molecule has 2 heterocycles. The lowest BCUT2D eigenvalue weighted by molar-refractivity contribution is -0.217. The quantitative estimate of drug-likeness (QED) is 0.0219. The van der Waals surface area contributed by atoms with Gasteiger partial charge in [-0.25, -0.2) is 4.79 Å². The molecule has 4 aromatic carbocycles. The third-order valence-corrected chi connectivity index (χ3v) is 8.58. The fourth-order valence-corrected chi connectivity index (χ4v) is 5.56. The number of hydrogen-bond acceptors (Lipinski definition) is 10. The van der Waals surface area contributed by atoms with Gasteiger partial charge in [-0.05, 0) is 102 Å². The topological polar surface area (TPSA) is 107 Å². The zero-order valence-corrected chi connectivity index (χ0v) is 28.2. The van der Waals surface area contributed by atoms with Gasteiger partial charge in [0.25, 0.3) is 0 Å². The molecule has 2 atom stereocenters. The van der Waals surface area contributed by atoms with Crippen LogP contribution in [0.5, 0.6) is 23.0 Å². The molecule has 4 aromatic rings. The van der Waals surface area contributed by atoms with Gasteiger partial charge in [0.15, 0.2) is 5.75 Å². The summed E-state index contributed by atoms with van der Waals surface area (Å²) in [6.45, 7) is 7.59. The van der Waals surface area contributed by atoms with Crippen LogP contribution >= 0.6 is 0 Å². The minimum Gasteiger partial charge on any atom is -0.494 e. The number of ether oxygens (including phenoxy) is 7. The van der Waals surface area contributed by atoms with Crippen LogP contribution in [0.2, 0.25) is 0 Å². The van der Waals surface area contributed by atoms with E-state index in [1.807, 2.05) is 60.7 Å². The average molecular weight is 683 g/mol. The van der Waals surface area contributed by atoms with Crippen LogP contribution in [0.1, 0.15) is 46.8 Å². The predicted octanol–water partition coefficient (Wildman–Crippen LogP) is 6.75. The van der Waals surface area contributed by atoms with Gasteiger partial charge in [-0.3, -0.25) is 0 Å². The number of benzene rings is 4. The van der Waals surface area contributed by atoms with Crippen molar-refractivity contribution in [2.75, 3.05) is 52.9 Å². The second-order valence-electron chi connectivity index (χ2n) is 12.9. The van der Waals surface area contributed by atoms with Crippen LogP contribution in [-0.2, 0) is 36.9 Å². The minimum atomic E-state index is -0.423. The molecule has 0 N–H and O–H groups in total. The molecule has 10 nitrogen and oxygen atoms in total. The first-order chi connectivity index (χ1) is 24.5. The standard InChI is InChI=1S/C40H42O10/c1-40(27-47-40)26-43-17-3-19-44-32-8-4-28(5-9-32)23-48-50-35-13-15-38-31(22-35)20-30-21-34(12-14-37(30)38)49-39(41)29-6-10-33(11-7-29)45-18-2-16-42-24-36-25-46-36/h4-15,21-22,36H,2-3,16-20,23-27H2,1H3. The Morgan fingerprint density at radius 2 is 1.36 bits per heavy atom. The van der Waals surface area contributed by atoms with Crippen molar-refractivity contribution in [2.24, 2.45) is 0 Å². The van der Waals surface area contributed by atoms with E-state index >= 15 is 0 Å². The molecule has 2 unspecified atom stereocenters. The maximum atomic E-state index is 12.9. The first-order valence-electron chi connectivity index (χ1n) is 17.1. The van der Waals surface area contributed by atoms with E-state index in [-0.39, 0.29) is 11.7 Å². The molecule has 0 aromatic heterocycles. The Morgan fingerprint density at radius 3 is 2.02 bits per heavy atom. The number of rotatable bonds is 20. The molecule has 1 aliphatic carbocycles. The summed E-state index contributed by atoms with van der Waals surface area (Å²) in [5.74, 6) is 2.19. The van der Waals surface area contributed by atoms with Crippen molar-refractivity contribution in [1.29, 1.82) is 0 Å². The Labute approximate surface area is 292 Å². The maximum Gasteiger partial charge on any atom is 0.343 e. The van der Waals surface area contributed by atoms with Crippen molar-refractivity contribution in [3.8, 4) is 34.1 Å². The van der Waals surface area contributed by atoms with Crippen LogP contribution in [0.25, 0.3) is 11.1 Å². The van der Waals surface area contributed by atoms with Crippen molar-refractivity contribution >= 4 is 5.97 Å². The van der Waals surface area contributed by atoms with E-state index in [2.05, 4.69) is 6.92 Å². The van der Waals surface area contributed by atoms with E-state index in [4.69, 9.17) is 42.9 Å². The van der Waals surface area contributed by atoms with Gasteiger partial charge >= 0.3 is 5.97 Å². The van der Waals surface area contributed by atoms with Crippen LogP contribution in [0, 0.1) is 0 Å². The van der Waals surface area contributed by atoms with Crippen molar-refractivity contribution < 1.29 is 47.7 Å². The second-order valence-corrected chi connectivity index (χ2v) is 12.9. The maximum absolute atomic E-state index is 12.9. The smallest absolute Gasteiger partial charge is 0.343 e. The minimum absolute atomic E-state index is 0.0756. The molecule has 0 amide bonds. The Morgan fingerprint density at radius 1 is 0.760 bits per heavy atom. The van der Waals surface area contributed by atoms with Gasteiger partial charge in [0, 0.05) is 26.1 Å². The first-order valence-corrected chi connectivity index (χ1v) is 17.1. The highest BCUT2D eigenvalue weighted by Crippen LogP contribution is 2.40. The third kappa shape index (κ3) is 9.62. The van der Waals surface area contributed by atoms with E-state index < -0.39 is 5.97 Å². The molecular weight excluding hydrogens is 640 g/mol. The van der Waals surface area contributed by atoms with E-state index in [1.54, 1.807) is 24.3 Å².